The van der Waals surface area contributed by atoms with Crippen molar-refractivity contribution in [1.82, 2.24) is 4.57 Å². The van der Waals surface area contributed by atoms with Gasteiger partial charge in [-0.3, -0.25) is 14.2 Å². The molecule has 0 radical (unpaired) electrons. The highest BCUT2D eigenvalue weighted by molar-refractivity contribution is 9.10. The van der Waals surface area contributed by atoms with Crippen molar-refractivity contribution in [3.05, 3.63) is 61.7 Å². The molecule has 0 atom stereocenters. The zero-order valence-corrected chi connectivity index (χ0v) is 13.9. The fourth-order valence-electron chi connectivity index (χ4n) is 2.21. The van der Waals surface area contributed by atoms with E-state index in [9.17, 15) is 9.59 Å². The van der Waals surface area contributed by atoms with Crippen molar-refractivity contribution < 1.29 is 4.79 Å². The number of carbonyl (C=O) groups is 1. The highest BCUT2D eigenvalue weighted by Crippen LogP contribution is 2.35. The first kappa shape index (κ1) is 14.7. The van der Waals surface area contributed by atoms with Crippen LogP contribution in [0.2, 0.25) is 0 Å². The van der Waals surface area contributed by atoms with Gasteiger partial charge in [0.1, 0.15) is 15.8 Å². The van der Waals surface area contributed by atoms with Gasteiger partial charge in [-0.1, -0.05) is 0 Å². The number of halogens is 1. The minimum atomic E-state index is -0.179. The third-order valence-electron chi connectivity index (χ3n) is 3.31. The predicted octanol–water partition coefficient (Wildman–Crippen LogP) is 3.89. The Balaban J connectivity index is 2.30. The molecule has 4 nitrogen and oxygen atoms in total. The molecule has 6 heteroatoms. The molecule has 0 fully saturated rings. The highest BCUT2D eigenvalue weighted by atomic mass is 79.9. The van der Waals surface area contributed by atoms with Gasteiger partial charge in [-0.15, -0.1) is 11.3 Å². The third kappa shape index (κ3) is 2.28. The number of hydrogen-bond donors (Lipinski definition) is 0. The van der Waals surface area contributed by atoms with Crippen molar-refractivity contribution in [2.45, 2.75) is 6.92 Å². The number of carbonyl (C=O) groups excluding carboxylic acids is 1. The maximum Gasteiger partial charge on any atom is 0.256 e. The van der Waals surface area contributed by atoms with E-state index in [0.29, 0.717) is 25.4 Å². The zero-order chi connectivity index (χ0) is 15.9. The molecule has 3 rings (SSSR count). The summed E-state index contributed by atoms with van der Waals surface area (Å²) >= 11 is 4.66. The molecule has 108 valence electrons. The number of rotatable bonds is 2. The lowest BCUT2D eigenvalue weighted by atomic mass is 10.1. The Kier molecular flexibility index (Phi) is 3.69. The molecule has 0 unspecified atom stereocenters. The largest absolute Gasteiger partial charge is 0.295 e. The van der Waals surface area contributed by atoms with Crippen LogP contribution in [0.5, 0.6) is 0 Å². The SMILES string of the molecule is CC(=O)c1ccc(-n2c(=O)ccc3c(Br)c(C#N)sc32)cc1. The number of thiophene rings is 1. The van der Waals surface area contributed by atoms with Crippen molar-refractivity contribution >= 4 is 43.3 Å². The van der Waals surface area contributed by atoms with E-state index in [0.717, 1.165) is 5.39 Å². The molecule has 1 aromatic carbocycles. The number of nitriles is 1. The Hall–Kier alpha value is -2.23. The summed E-state index contributed by atoms with van der Waals surface area (Å²) in [6.07, 6.45) is 0. The molecule has 2 heterocycles. The Labute approximate surface area is 138 Å². The zero-order valence-electron chi connectivity index (χ0n) is 11.5. The van der Waals surface area contributed by atoms with Gasteiger partial charge in [-0.2, -0.15) is 5.26 Å². The van der Waals surface area contributed by atoms with Crippen LogP contribution in [0.15, 0.2) is 45.7 Å². The summed E-state index contributed by atoms with van der Waals surface area (Å²) in [6.45, 7) is 1.50. The minimum Gasteiger partial charge on any atom is -0.295 e. The van der Waals surface area contributed by atoms with Gasteiger partial charge in [0.25, 0.3) is 5.56 Å². The molecule has 22 heavy (non-hydrogen) atoms. The second-order valence-corrected chi connectivity index (χ2v) is 6.48. The van der Waals surface area contributed by atoms with Gasteiger partial charge in [0.05, 0.1) is 10.2 Å². The number of benzene rings is 1. The van der Waals surface area contributed by atoms with Gasteiger partial charge >= 0.3 is 0 Å². The van der Waals surface area contributed by atoms with Crippen LogP contribution in [0.4, 0.5) is 0 Å². The van der Waals surface area contributed by atoms with Crippen molar-refractivity contribution in [2.24, 2.45) is 0 Å². The molecule has 0 aliphatic carbocycles. The summed E-state index contributed by atoms with van der Waals surface area (Å²) in [6, 6.07) is 12.1. The number of ketones is 1. The quantitative estimate of drug-likeness (QED) is 0.641. The second-order valence-electron chi connectivity index (χ2n) is 4.69. The third-order valence-corrected chi connectivity index (χ3v) is 5.50. The van der Waals surface area contributed by atoms with Crippen LogP contribution in [0.3, 0.4) is 0 Å². The average Bonchev–Trinajstić information content (AvgIpc) is 2.83. The lowest BCUT2D eigenvalue weighted by molar-refractivity contribution is 0.101. The van der Waals surface area contributed by atoms with Crippen molar-refractivity contribution in [2.75, 3.05) is 0 Å². The maximum atomic E-state index is 12.3. The first-order chi connectivity index (χ1) is 10.5. The number of pyridine rings is 1. The van der Waals surface area contributed by atoms with E-state index >= 15 is 0 Å². The summed E-state index contributed by atoms with van der Waals surface area (Å²) in [5.74, 6) is -0.0252. The molecule has 0 saturated heterocycles. The number of fused-ring (bicyclic) bond motifs is 1. The molecule has 0 N–H and O–H groups in total. The Morgan fingerprint density at radius 3 is 2.50 bits per heavy atom. The highest BCUT2D eigenvalue weighted by Gasteiger charge is 2.14. The van der Waals surface area contributed by atoms with E-state index < -0.39 is 0 Å². The van der Waals surface area contributed by atoms with E-state index in [1.807, 2.05) is 0 Å². The first-order valence-electron chi connectivity index (χ1n) is 6.38. The second kappa shape index (κ2) is 5.52. The summed E-state index contributed by atoms with van der Waals surface area (Å²) in [7, 11) is 0. The smallest absolute Gasteiger partial charge is 0.256 e. The monoisotopic (exact) mass is 372 g/mol. The number of nitrogens with zero attached hydrogens (tertiary/aromatic N) is 2. The Morgan fingerprint density at radius 1 is 1.23 bits per heavy atom. The topological polar surface area (TPSA) is 62.9 Å². The lowest BCUT2D eigenvalue weighted by Gasteiger charge is -2.07. The van der Waals surface area contributed by atoms with Gasteiger partial charge in [-0.05, 0) is 53.2 Å². The predicted molar refractivity (Wildman–Crippen MR) is 89.8 cm³/mol. The Bertz CT molecular complexity index is 994. The molecular formula is C16H9BrN2O2S. The van der Waals surface area contributed by atoms with Crippen LogP contribution < -0.4 is 5.56 Å². The van der Waals surface area contributed by atoms with E-state index in [4.69, 9.17) is 5.26 Å². The van der Waals surface area contributed by atoms with Gasteiger partial charge in [0.2, 0.25) is 0 Å². The standard InChI is InChI=1S/C16H9BrN2O2S/c1-9(20)10-2-4-11(5-3-10)19-14(21)7-6-12-15(17)13(8-18)22-16(12)19/h2-7H,1H3. The molecule has 0 amide bonds. The number of hydrogen-bond acceptors (Lipinski definition) is 4. The van der Waals surface area contributed by atoms with Crippen LogP contribution in [-0.2, 0) is 0 Å². The van der Waals surface area contributed by atoms with Crippen LogP contribution in [0.25, 0.3) is 15.9 Å². The fraction of sp³-hybridized carbons (Fsp3) is 0.0625. The summed E-state index contributed by atoms with van der Waals surface area (Å²) in [4.78, 5) is 24.8. The Morgan fingerprint density at radius 2 is 1.91 bits per heavy atom. The fourth-order valence-corrected chi connectivity index (χ4v) is 4.00. The molecular weight excluding hydrogens is 364 g/mol. The van der Waals surface area contributed by atoms with Crippen LogP contribution in [-0.4, -0.2) is 10.4 Å². The van der Waals surface area contributed by atoms with Gasteiger partial charge < -0.3 is 0 Å². The van der Waals surface area contributed by atoms with E-state index in [1.165, 1.54) is 24.3 Å². The van der Waals surface area contributed by atoms with E-state index in [1.54, 1.807) is 34.9 Å². The van der Waals surface area contributed by atoms with Gasteiger partial charge in [-0.25, -0.2) is 0 Å². The average molecular weight is 373 g/mol. The molecule has 0 aliphatic heterocycles. The molecule has 0 aliphatic rings. The number of aromatic nitrogens is 1. The minimum absolute atomic E-state index is 0.0252. The van der Waals surface area contributed by atoms with Crippen molar-refractivity contribution in [3.63, 3.8) is 0 Å². The van der Waals surface area contributed by atoms with Crippen LogP contribution in [0, 0.1) is 11.3 Å². The summed E-state index contributed by atoms with van der Waals surface area (Å²) in [5, 5.41) is 9.97. The van der Waals surface area contributed by atoms with E-state index in [2.05, 4.69) is 22.0 Å². The molecule has 0 bridgehead atoms. The van der Waals surface area contributed by atoms with E-state index in [-0.39, 0.29) is 11.3 Å². The molecule has 3 aromatic rings. The van der Waals surface area contributed by atoms with Crippen molar-refractivity contribution in [1.29, 1.82) is 5.26 Å². The summed E-state index contributed by atoms with van der Waals surface area (Å²) in [5.41, 5.74) is 1.08. The summed E-state index contributed by atoms with van der Waals surface area (Å²) < 4.78 is 2.25. The molecule has 2 aromatic heterocycles. The first-order valence-corrected chi connectivity index (χ1v) is 7.99. The molecule has 0 spiro atoms. The van der Waals surface area contributed by atoms with Gasteiger partial charge in [0.15, 0.2) is 5.78 Å². The maximum absolute atomic E-state index is 12.3. The van der Waals surface area contributed by atoms with Crippen LogP contribution in [0.1, 0.15) is 22.2 Å². The van der Waals surface area contributed by atoms with Crippen molar-refractivity contribution in [3.8, 4) is 11.8 Å². The number of Topliss-reactive ketones (excluding diaryl/α,β-unsaturated/α-hetero) is 1. The lowest BCUT2D eigenvalue weighted by Crippen LogP contribution is -2.16. The van der Waals surface area contributed by atoms with Gasteiger partial charge in [0, 0.05) is 17.0 Å². The van der Waals surface area contributed by atoms with Crippen LogP contribution >= 0.6 is 27.3 Å². The molecule has 0 saturated carbocycles. The normalized spacial score (nSPS) is 10.6.